The minimum absolute atomic E-state index is 0.168. The number of anilines is 1. The summed E-state index contributed by atoms with van der Waals surface area (Å²) < 4.78 is 5.36. The monoisotopic (exact) mass is 268 g/mol. The Bertz CT molecular complexity index is 674. The molecule has 0 spiro atoms. The number of ether oxygens (including phenoxy) is 1. The topological polar surface area (TPSA) is 84.8 Å². The van der Waals surface area contributed by atoms with Gasteiger partial charge in [0.2, 0.25) is 0 Å². The van der Waals surface area contributed by atoms with Gasteiger partial charge in [0.1, 0.15) is 17.9 Å². The first kappa shape index (κ1) is 13.8. The van der Waals surface area contributed by atoms with Crippen LogP contribution in [0.25, 0.3) is 11.3 Å². The van der Waals surface area contributed by atoms with Crippen LogP contribution in [-0.4, -0.2) is 17.1 Å². The quantitative estimate of drug-likeness (QED) is 0.925. The largest absolute Gasteiger partial charge is 0.496 e. The first-order chi connectivity index (χ1) is 9.58. The van der Waals surface area contributed by atoms with Gasteiger partial charge >= 0.3 is 0 Å². The second kappa shape index (κ2) is 5.57. The van der Waals surface area contributed by atoms with Crippen LogP contribution in [0.1, 0.15) is 30.9 Å². The van der Waals surface area contributed by atoms with E-state index in [1.807, 2.05) is 13.8 Å². The van der Waals surface area contributed by atoms with Gasteiger partial charge in [0.05, 0.1) is 24.4 Å². The van der Waals surface area contributed by atoms with Crippen LogP contribution < -0.4 is 10.5 Å². The van der Waals surface area contributed by atoms with E-state index in [4.69, 9.17) is 15.7 Å². The number of benzene rings is 1. The van der Waals surface area contributed by atoms with Crippen LogP contribution in [0.5, 0.6) is 5.75 Å². The molecule has 1 heterocycles. The number of rotatable bonds is 3. The third-order valence-corrected chi connectivity index (χ3v) is 3.08. The Morgan fingerprint density at radius 3 is 2.65 bits per heavy atom. The average Bonchev–Trinajstić information content (AvgIpc) is 2.45. The van der Waals surface area contributed by atoms with E-state index in [9.17, 15) is 0 Å². The van der Waals surface area contributed by atoms with Crippen LogP contribution in [0.2, 0.25) is 0 Å². The molecule has 5 nitrogen and oxygen atoms in total. The predicted octanol–water partition coefficient (Wildman–Crippen LogP) is 2.73. The molecule has 0 aliphatic rings. The van der Waals surface area contributed by atoms with Gasteiger partial charge < -0.3 is 10.5 Å². The molecule has 0 bridgehead atoms. The van der Waals surface area contributed by atoms with Crippen molar-refractivity contribution in [3.8, 4) is 23.1 Å². The summed E-state index contributed by atoms with van der Waals surface area (Å²) in [6, 6.07) is 7.35. The molecule has 0 fully saturated rings. The van der Waals surface area contributed by atoms with Gasteiger partial charge in [-0.2, -0.15) is 5.26 Å². The molecule has 0 unspecified atom stereocenters. The van der Waals surface area contributed by atoms with E-state index < -0.39 is 0 Å². The van der Waals surface area contributed by atoms with Crippen LogP contribution in [0.15, 0.2) is 24.5 Å². The summed E-state index contributed by atoms with van der Waals surface area (Å²) in [6.45, 7) is 4.05. The minimum atomic E-state index is 0.168. The van der Waals surface area contributed by atoms with Crippen LogP contribution in [0, 0.1) is 11.3 Å². The number of nitrogens with two attached hydrogens (primary N) is 1. The minimum Gasteiger partial charge on any atom is -0.496 e. The Morgan fingerprint density at radius 2 is 2.05 bits per heavy atom. The van der Waals surface area contributed by atoms with Gasteiger partial charge in [-0.1, -0.05) is 13.8 Å². The SMILES string of the molecule is COc1ccc(C#N)cc1-c1ncnc(N)c1C(C)C. The predicted molar refractivity (Wildman–Crippen MR) is 77.2 cm³/mol. The summed E-state index contributed by atoms with van der Waals surface area (Å²) in [7, 11) is 1.59. The lowest BCUT2D eigenvalue weighted by molar-refractivity contribution is 0.416. The molecule has 2 aromatic rings. The first-order valence-corrected chi connectivity index (χ1v) is 6.27. The lowest BCUT2D eigenvalue weighted by Gasteiger charge is -2.15. The third kappa shape index (κ3) is 2.41. The molecule has 0 saturated carbocycles. The second-order valence-corrected chi connectivity index (χ2v) is 4.70. The molecule has 2 N–H and O–H groups in total. The van der Waals surface area contributed by atoms with E-state index in [0.717, 1.165) is 11.1 Å². The highest BCUT2D eigenvalue weighted by Crippen LogP contribution is 2.36. The van der Waals surface area contributed by atoms with E-state index in [1.54, 1.807) is 25.3 Å². The van der Waals surface area contributed by atoms with Crippen molar-refractivity contribution in [1.29, 1.82) is 5.26 Å². The van der Waals surface area contributed by atoms with Gasteiger partial charge in [0, 0.05) is 11.1 Å². The highest BCUT2D eigenvalue weighted by Gasteiger charge is 2.18. The fourth-order valence-electron chi connectivity index (χ4n) is 2.16. The summed E-state index contributed by atoms with van der Waals surface area (Å²) in [4.78, 5) is 8.38. The molecule has 1 aromatic carbocycles. The Labute approximate surface area is 118 Å². The zero-order valence-corrected chi connectivity index (χ0v) is 11.7. The van der Waals surface area contributed by atoms with Crippen molar-refractivity contribution < 1.29 is 4.74 Å². The van der Waals surface area contributed by atoms with E-state index >= 15 is 0 Å². The third-order valence-electron chi connectivity index (χ3n) is 3.08. The number of nitriles is 1. The highest BCUT2D eigenvalue weighted by molar-refractivity contribution is 5.74. The van der Waals surface area contributed by atoms with Crippen molar-refractivity contribution in [2.45, 2.75) is 19.8 Å². The molecular formula is C15H16N4O. The van der Waals surface area contributed by atoms with E-state index in [1.165, 1.54) is 6.33 Å². The number of nitrogens with zero attached hydrogens (tertiary/aromatic N) is 3. The summed E-state index contributed by atoms with van der Waals surface area (Å²) in [5.41, 5.74) is 8.84. The molecule has 102 valence electrons. The summed E-state index contributed by atoms with van der Waals surface area (Å²) in [6.07, 6.45) is 1.43. The zero-order valence-electron chi connectivity index (χ0n) is 11.7. The van der Waals surface area contributed by atoms with Crippen LogP contribution in [-0.2, 0) is 0 Å². The van der Waals surface area contributed by atoms with Crippen molar-refractivity contribution in [2.24, 2.45) is 0 Å². The standard InChI is InChI=1S/C15H16N4O/c1-9(2)13-14(18-8-19-15(13)17)11-6-10(7-16)4-5-12(11)20-3/h4-6,8-9H,1-3H3,(H2,17,18,19). The summed E-state index contributed by atoms with van der Waals surface area (Å²) in [5.74, 6) is 1.28. The van der Waals surface area contributed by atoms with E-state index in [-0.39, 0.29) is 5.92 Å². The molecule has 0 aliphatic heterocycles. The summed E-state index contributed by atoms with van der Waals surface area (Å²) in [5, 5.41) is 9.06. The molecule has 0 radical (unpaired) electrons. The molecule has 0 amide bonds. The van der Waals surface area contributed by atoms with Gasteiger partial charge in [0.15, 0.2) is 0 Å². The van der Waals surface area contributed by atoms with Crippen LogP contribution in [0.4, 0.5) is 5.82 Å². The Hall–Kier alpha value is -2.61. The van der Waals surface area contributed by atoms with E-state index in [0.29, 0.717) is 22.8 Å². The van der Waals surface area contributed by atoms with Crippen molar-refractivity contribution in [3.05, 3.63) is 35.7 Å². The van der Waals surface area contributed by atoms with Gasteiger partial charge in [-0.3, -0.25) is 0 Å². The maximum Gasteiger partial charge on any atom is 0.130 e. The second-order valence-electron chi connectivity index (χ2n) is 4.70. The Balaban J connectivity index is 2.74. The fourth-order valence-corrected chi connectivity index (χ4v) is 2.16. The van der Waals surface area contributed by atoms with E-state index in [2.05, 4.69) is 16.0 Å². The Morgan fingerprint density at radius 1 is 1.30 bits per heavy atom. The maximum atomic E-state index is 9.06. The smallest absolute Gasteiger partial charge is 0.130 e. The summed E-state index contributed by atoms with van der Waals surface area (Å²) >= 11 is 0. The number of methoxy groups -OCH3 is 1. The highest BCUT2D eigenvalue weighted by atomic mass is 16.5. The van der Waals surface area contributed by atoms with Gasteiger partial charge in [-0.05, 0) is 24.1 Å². The molecule has 2 rings (SSSR count). The normalized spacial score (nSPS) is 10.3. The number of hydrogen-bond acceptors (Lipinski definition) is 5. The molecule has 5 heteroatoms. The van der Waals surface area contributed by atoms with Gasteiger partial charge in [-0.25, -0.2) is 9.97 Å². The average molecular weight is 268 g/mol. The maximum absolute atomic E-state index is 9.06. The molecular weight excluding hydrogens is 252 g/mol. The van der Waals surface area contributed by atoms with Crippen molar-refractivity contribution >= 4 is 5.82 Å². The van der Waals surface area contributed by atoms with Crippen molar-refractivity contribution in [2.75, 3.05) is 12.8 Å². The fraction of sp³-hybridized carbons (Fsp3) is 0.267. The van der Waals surface area contributed by atoms with Crippen LogP contribution >= 0.6 is 0 Å². The van der Waals surface area contributed by atoms with Crippen molar-refractivity contribution in [1.82, 2.24) is 9.97 Å². The molecule has 0 saturated heterocycles. The molecule has 20 heavy (non-hydrogen) atoms. The van der Waals surface area contributed by atoms with Crippen molar-refractivity contribution in [3.63, 3.8) is 0 Å². The lowest BCUT2D eigenvalue weighted by atomic mass is 9.96. The van der Waals surface area contributed by atoms with Gasteiger partial charge in [0.25, 0.3) is 0 Å². The lowest BCUT2D eigenvalue weighted by Crippen LogP contribution is -2.05. The van der Waals surface area contributed by atoms with Crippen LogP contribution in [0.3, 0.4) is 0 Å². The zero-order chi connectivity index (χ0) is 14.7. The molecule has 0 aliphatic carbocycles. The number of hydrogen-bond donors (Lipinski definition) is 1. The first-order valence-electron chi connectivity index (χ1n) is 6.27. The molecule has 1 aromatic heterocycles. The molecule has 0 atom stereocenters. The Kier molecular flexibility index (Phi) is 3.85. The van der Waals surface area contributed by atoms with Gasteiger partial charge in [-0.15, -0.1) is 0 Å². The number of aromatic nitrogens is 2. The number of nitrogen functional groups attached to an aromatic ring is 1.